The normalized spacial score (nSPS) is 10.9. The Morgan fingerprint density at radius 3 is 2.48 bits per heavy atom. The second-order valence-electron chi connectivity index (χ2n) is 4.61. The molecule has 1 aromatic carbocycles. The Bertz CT molecular complexity index is 583. The Balaban J connectivity index is 2.65. The lowest BCUT2D eigenvalue weighted by atomic mass is 10.1. The van der Waals surface area contributed by atoms with E-state index in [0.29, 0.717) is 11.3 Å². The molecule has 6 nitrogen and oxygen atoms in total. The lowest BCUT2D eigenvalue weighted by molar-refractivity contribution is -0.123. The van der Waals surface area contributed by atoms with E-state index < -0.39 is 5.91 Å². The third-order valence-electron chi connectivity index (χ3n) is 2.40. The summed E-state index contributed by atoms with van der Waals surface area (Å²) in [6.45, 7) is 3.66. The Hall–Kier alpha value is -2.81. The van der Waals surface area contributed by atoms with E-state index in [1.165, 1.54) is 6.08 Å². The van der Waals surface area contributed by atoms with Gasteiger partial charge in [-0.05, 0) is 37.6 Å². The van der Waals surface area contributed by atoms with E-state index in [-0.39, 0.29) is 24.1 Å². The van der Waals surface area contributed by atoms with Gasteiger partial charge in [0, 0.05) is 6.04 Å². The van der Waals surface area contributed by atoms with Crippen molar-refractivity contribution in [3.05, 3.63) is 35.4 Å². The van der Waals surface area contributed by atoms with Crippen LogP contribution in [0.2, 0.25) is 0 Å². The zero-order valence-corrected chi connectivity index (χ0v) is 11.9. The third kappa shape index (κ3) is 5.78. The number of amides is 2. The number of hydrogen-bond donors (Lipinski definition) is 2. The molecule has 21 heavy (non-hydrogen) atoms. The highest BCUT2D eigenvalue weighted by molar-refractivity contribution is 6.00. The molecule has 0 bridgehead atoms. The van der Waals surface area contributed by atoms with E-state index in [9.17, 15) is 9.59 Å². The van der Waals surface area contributed by atoms with Crippen molar-refractivity contribution in [2.75, 3.05) is 6.61 Å². The highest BCUT2D eigenvalue weighted by atomic mass is 16.5. The quantitative estimate of drug-likeness (QED) is 0.601. The smallest absolute Gasteiger partial charge is 0.259 e. The maximum absolute atomic E-state index is 11.4. The van der Waals surface area contributed by atoms with E-state index in [2.05, 4.69) is 5.32 Å². The Morgan fingerprint density at radius 1 is 1.38 bits per heavy atom. The van der Waals surface area contributed by atoms with Gasteiger partial charge in [-0.2, -0.15) is 5.26 Å². The standard InChI is InChI=1S/C15H17N3O3/c1-10(2)18-14(19)9-21-13-5-3-11(4-6-13)7-12(8-16)15(17)20/h3-7,10H,9H2,1-2H3,(H2,17,20)(H,18,19)/b12-7+. The molecule has 110 valence electrons. The number of carbonyl (C=O) groups excluding carboxylic acids is 2. The zero-order chi connectivity index (χ0) is 15.8. The monoisotopic (exact) mass is 287 g/mol. The summed E-state index contributed by atoms with van der Waals surface area (Å²) in [7, 11) is 0. The second-order valence-corrected chi connectivity index (χ2v) is 4.61. The molecule has 6 heteroatoms. The number of nitrogens with zero attached hydrogens (tertiary/aromatic N) is 1. The van der Waals surface area contributed by atoms with Gasteiger partial charge >= 0.3 is 0 Å². The molecule has 1 rings (SSSR count). The molecule has 0 radical (unpaired) electrons. The molecule has 1 aromatic rings. The van der Waals surface area contributed by atoms with Crippen molar-refractivity contribution in [1.29, 1.82) is 5.26 Å². The number of ether oxygens (including phenoxy) is 1. The van der Waals surface area contributed by atoms with Gasteiger partial charge in [-0.25, -0.2) is 0 Å². The maximum atomic E-state index is 11.4. The lowest BCUT2D eigenvalue weighted by Gasteiger charge is -2.09. The molecule has 0 saturated carbocycles. The first-order valence-electron chi connectivity index (χ1n) is 6.36. The predicted octanol–water partition coefficient (Wildman–Crippen LogP) is 0.982. The van der Waals surface area contributed by atoms with Crippen molar-refractivity contribution >= 4 is 17.9 Å². The fraction of sp³-hybridized carbons (Fsp3) is 0.267. The summed E-state index contributed by atoms with van der Waals surface area (Å²) >= 11 is 0. The van der Waals surface area contributed by atoms with Crippen LogP contribution in [0.25, 0.3) is 6.08 Å². The lowest BCUT2D eigenvalue weighted by Crippen LogP contribution is -2.34. The summed E-state index contributed by atoms with van der Waals surface area (Å²) in [5.74, 6) is -0.457. The summed E-state index contributed by atoms with van der Waals surface area (Å²) < 4.78 is 5.31. The van der Waals surface area contributed by atoms with Gasteiger partial charge in [-0.1, -0.05) is 12.1 Å². The van der Waals surface area contributed by atoms with Crippen LogP contribution in [0.3, 0.4) is 0 Å². The molecule has 0 unspecified atom stereocenters. The molecule has 0 aromatic heterocycles. The largest absolute Gasteiger partial charge is 0.484 e. The molecular weight excluding hydrogens is 270 g/mol. The van der Waals surface area contributed by atoms with Crippen LogP contribution in [0.15, 0.2) is 29.8 Å². The van der Waals surface area contributed by atoms with E-state index >= 15 is 0 Å². The van der Waals surface area contributed by atoms with Crippen molar-refractivity contribution in [3.63, 3.8) is 0 Å². The number of benzene rings is 1. The van der Waals surface area contributed by atoms with E-state index in [1.54, 1.807) is 30.3 Å². The van der Waals surface area contributed by atoms with Gasteiger partial charge in [0.1, 0.15) is 17.4 Å². The molecule has 0 saturated heterocycles. The van der Waals surface area contributed by atoms with Gasteiger partial charge < -0.3 is 15.8 Å². The minimum atomic E-state index is -0.775. The molecule has 2 amide bonds. The summed E-state index contributed by atoms with van der Waals surface area (Å²) in [5, 5.41) is 11.5. The molecule has 0 aliphatic carbocycles. The summed E-state index contributed by atoms with van der Waals surface area (Å²) in [6, 6.07) is 8.40. The number of primary amides is 1. The summed E-state index contributed by atoms with van der Waals surface area (Å²) in [5.41, 5.74) is 5.56. The van der Waals surface area contributed by atoms with Gasteiger partial charge in [0.05, 0.1) is 0 Å². The third-order valence-corrected chi connectivity index (χ3v) is 2.40. The zero-order valence-electron chi connectivity index (χ0n) is 11.9. The number of hydrogen-bond acceptors (Lipinski definition) is 4. The highest BCUT2D eigenvalue weighted by Crippen LogP contribution is 2.14. The number of nitrogens with one attached hydrogen (secondary N) is 1. The van der Waals surface area contributed by atoms with Gasteiger partial charge in [0.25, 0.3) is 11.8 Å². The summed E-state index contributed by atoms with van der Waals surface area (Å²) in [4.78, 5) is 22.3. The fourth-order valence-corrected chi connectivity index (χ4v) is 1.50. The fourth-order valence-electron chi connectivity index (χ4n) is 1.50. The molecule has 0 aliphatic rings. The first-order chi connectivity index (χ1) is 9.92. The SMILES string of the molecule is CC(C)NC(=O)COc1ccc(/C=C(\C#N)C(N)=O)cc1. The average Bonchev–Trinajstić information content (AvgIpc) is 2.42. The topological polar surface area (TPSA) is 105 Å². The van der Waals surface area contributed by atoms with E-state index in [4.69, 9.17) is 15.7 Å². The molecule has 0 aliphatic heterocycles. The van der Waals surface area contributed by atoms with Crippen molar-refractivity contribution in [3.8, 4) is 11.8 Å². The molecule has 3 N–H and O–H groups in total. The van der Waals surface area contributed by atoms with Crippen molar-refractivity contribution in [1.82, 2.24) is 5.32 Å². The number of carbonyl (C=O) groups is 2. The number of rotatable bonds is 6. The van der Waals surface area contributed by atoms with Gasteiger partial charge in [0.2, 0.25) is 0 Å². The highest BCUT2D eigenvalue weighted by Gasteiger charge is 2.05. The van der Waals surface area contributed by atoms with Gasteiger partial charge in [-0.15, -0.1) is 0 Å². The maximum Gasteiger partial charge on any atom is 0.259 e. The molecule has 0 atom stereocenters. The van der Waals surface area contributed by atoms with Crippen LogP contribution in [0.1, 0.15) is 19.4 Å². The molecule has 0 heterocycles. The first-order valence-corrected chi connectivity index (χ1v) is 6.36. The molecule has 0 fully saturated rings. The van der Waals surface area contributed by atoms with Crippen LogP contribution in [0.4, 0.5) is 0 Å². The minimum Gasteiger partial charge on any atom is -0.484 e. The average molecular weight is 287 g/mol. The second kappa shape index (κ2) is 7.70. The van der Waals surface area contributed by atoms with Crippen LogP contribution in [0, 0.1) is 11.3 Å². The minimum absolute atomic E-state index is 0.0619. The van der Waals surface area contributed by atoms with Gasteiger partial charge in [0.15, 0.2) is 6.61 Å². The molecule has 0 spiro atoms. The number of nitriles is 1. The Kier molecular flexibility index (Phi) is 5.96. The summed E-state index contributed by atoms with van der Waals surface area (Å²) in [6.07, 6.45) is 1.39. The van der Waals surface area contributed by atoms with E-state index in [0.717, 1.165) is 0 Å². The van der Waals surface area contributed by atoms with Crippen molar-refractivity contribution in [2.45, 2.75) is 19.9 Å². The molecular formula is C15H17N3O3. The van der Waals surface area contributed by atoms with Crippen LogP contribution in [0.5, 0.6) is 5.75 Å². The van der Waals surface area contributed by atoms with Crippen LogP contribution < -0.4 is 15.8 Å². The van der Waals surface area contributed by atoms with Gasteiger partial charge in [-0.3, -0.25) is 9.59 Å². The van der Waals surface area contributed by atoms with Crippen LogP contribution in [-0.4, -0.2) is 24.5 Å². The van der Waals surface area contributed by atoms with Crippen LogP contribution in [-0.2, 0) is 9.59 Å². The number of nitrogens with two attached hydrogens (primary N) is 1. The Labute approximate surface area is 123 Å². The Morgan fingerprint density at radius 2 is 2.00 bits per heavy atom. The predicted molar refractivity (Wildman–Crippen MR) is 78.0 cm³/mol. The van der Waals surface area contributed by atoms with Crippen molar-refractivity contribution < 1.29 is 14.3 Å². The van der Waals surface area contributed by atoms with Crippen LogP contribution >= 0.6 is 0 Å². The van der Waals surface area contributed by atoms with E-state index in [1.807, 2.05) is 13.8 Å². The van der Waals surface area contributed by atoms with Crippen molar-refractivity contribution in [2.24, 2.45) is 5.73 Å². The first kappa shape index (κ1) is 16.2.